The van der Waals surface area contributed by atoms with Gasteiger partial charge in [0.15, 0.2) is 6.21 Å². The van der Waals surface area contributed by atoms with Gasteiger partial charge in [-0.25, -0.2) is 0 Å². The third kappa shape index (κ3) is 3.14. The Balaban J connectivity index is 2.02. The van der Waals surface area contributed by atoms with Crippen LogP contribution >= 0.6 is 0 Å². The smallest absolute Gasteiger partial charge is 0.292 e. The van der Waals surface area contributed by atoms with Crippen molar-refractivity contribution in [2.75, 3.05) is 6.73 Å². The van der Waals surface area contributed by atoms with Gasteiger partial charge in [0.25, 0.3) is 12.4 Å². The monoisotopic (exact) mass is 286 g/mol. The molecular formula is C19H28NO+. The predicted octanol–water partition coefficient (Wildman–Crippen LogP) is 5.15. The molecule has 3 rings (SSSR count). The van der Waals surface area contributed by atoms with Crippen molar-refractivity contribution in [3.05, 3.63) is 23.3 Å². The number of benzene rings is 1. The topological polar surface area (TPSA) is 12.2 Å². The highest BCUT2D eigenvalue weighted by molar-refractivity contribution is 5.65. The molecule has 0 saturated heterocycles. The number of nitrogens with zero attached hydrogens (tertiary/aromatic N) is 1. The molecule has 1 fully saturated rings. The van der Waals surface area contributed by atoms with Crippen molar-refractivity contribution in [2.45, 2.75) is 65.7 Å². The fourth-order valence-corrected chi connectivity index (χ4v) is 3.65. The lowest BCUT2D eigenvalue weighted by atomic mass is 9.83. The first kappa shape index (κ1) is 14.6. The van der Waals surface area contributed by atoms with E-state index in [4.69, 9.17) is 4.74 Å². The van der Waals surface area contributed by atoms with Gasteiger partial charge < -0.3 is 4.74 Å². The molecule has 2 heteroatoms. The first-order chi connectivity index (χ1) is 9.94. The minimum absolute atomic E-state index is 0.166. The average Bonchev–Trinajstić information content (AvgIpc) is 2.80. The summed E-state index contributed by atoms with van der Waals surface area (Å²) in [5.41, 5.74) is 4.24. The van der Waals surface area contributed by atoms with Crippen molar-refractivity contribution < 1.29 is 9.31 Å². The molecule has 0 spiro atoms. The lowest BCUT2D eigenvalue weighted by molar-refractivity contribution is -0.456. The Morgan fingerprint density at radius 2 is 1.86 bits per heavy atom. The van der Waals surface area contributed by atoms with Gasteiger partial charge in [-0.1, -0.05) is 46.1 Å². The second-order valence-electron chi connectivity index (χ2n) is 7.78. The fourth-order valence-electron chi connectivity index (χ4n) is 3.65. The summed E-state index contributed by atoms with van der Waals surface area (Å²) < 4.78 is 8.38. The van der Waals surface area contributed by atoms with Crippen LogP contribution in [0.2, 0.25) is 0 Å². The molecule has 1 saturated carbocycles. The Labute approximate surface area is 128 Å². The molecule has 2 nitrogen and oxygen atoms in total. The zero-order chi connectivity index (χ0) is 15.0. The highest BCUT2D eigenvalue weighted by Crippen LogP contribution is 2.45. The van der Waals surface area contributed by atoms with Crippen LogP contribution in [0, 0.1) is 12.3 Å². The van der Waals surface area contributed by atoms with Gasteiger partial charge in [0.05, 0.1) is 0 Å². The first-order valence-electron chi connectivity index (χ1n) is 8.34. The molecule has 2 aliphatic rings. The second kappa shape index (κ2) is 5.47. The molecule has 0 aromatic heterocycles. The SMILES string of the molecule is Cc1cc(C2CCCCC2)c2c(c1)/[N+](=C\C(C)(C)C)CO2. The van der Waals surface area contributed by atoms with Crippen LogP contribution in [0.3, 0.4) is 0 Å². The Hall–Kier alpha value is -1.31. The summed E-state index contributed by atoms with van der Waals surface area (Å²) >= 11 is 0. The van der Waals surface area contributed by atoms with Gasteiger partial charge in [-0.2, -0.15) is 4.58 Å². The van der Waals surface area contributed by atoms with E-state index >= 15 is 0 Å². The summed E-state index contributed by atoms with van der Waals surface area (Å²) in [5, 5.41) is 0. The number of hydrogen-bond donors (Lipinski definition) is 0. The zero-order valence-corrected chi connectivity index (χ0v) is 13.9. The summed E-state index contributed by atoms with van der Waals surface area (Å²) in [6.45, 7) is 9.59. The van der Waals surface area contributed by atoms with Gasteiger partial charge in [-0.3, -0.25) is 0 Å². The Kier molecular flexibility index (Phi) is 3.81. The van der Waals surface area contributed by atoms with Gasteiger partial charge in [0.1, 0.15) is 0 Å². The van der Waals surface area contributed by atoms with Crippen molar-refractivity contribution in [1.82, 2.24) is 0 Å². The summed E-state index contributed by atoms with van der Waals surface area (Å²) in [7, 11) is 0. The molecule has 114 valence electrons. The largest absolute Gasteiger partial charge is 0.429 e. The molecule has 0 amide bonds. The van der Waals surface area contributed by atoms with Gasteiger partial charge in [0, 0.05) is 17.0 Å². The molecule has 0 N–H and O–H groups in total. The van der Waals surface area contributed by atoms with Crippen molar-refractivity contribution in [3.63, 3.8) is 0 Å². The normalized spacial score (nSPS) is 21.4. The van der Waals surface area contributed by atoms with Crippen molar-refractivity contribution in [3.8, 4) is 5.75 Å². The second-order valence-corrected chi connectivity index (χ2v) is 7.78. The molecule has 1 heterocycles. The first-order valence-corrected chi connectivity index (χ1v) is 8.34. The van der Waals surface area contributed by atoms with E-state index in [0.717, 1.165) is 5.75 Å². The Bertz CT molecular complexity index is 560. The van der Waals surface area contributed by atoms with Crippen LogP contribution in [0.4, 0.5) is 5.69 Å². The predicted molar refractivity (Wildman–Crippen MR) is 87.9 cm³/mol. The minimum Gasteiger partial charge on any atom is -0.429 e. The highest BCUT2D eigenvalue weighted by atomic mass is 16.5. The molecule has 1 aliphatic carbocycles. The third-order valence-electron chi connectivity index (χ3n) is 4.49. The molecule has 1 aliphatic heterocycles. The van der Waals surface area contributed by atoms with E-state index in [9.17, 15) is 0 Å². The maximum atomic E-state index is 6.09. The van der Waals surface area contributed by atoms with Crippen molar-refractivity contribution in [2.24, 2.45) is 5.41 Å². The van der Waals surface area contributed by atoms with E-state index in [0.29, 0.717) is 12.6 Å². The quantitative estimate of drug-likeness (QED) is 0.650. The highest BCUT2D eigenvalue weighted by Gasteiger charge is 2.32. The van der Waals surface area contributed by atoms with E-state index in [1.54, 1.807) is 0 Å². The lowest BCUT2D eigenvalue weighted by Gasteiger charge is -2.22. The maximum Gasteiger partial charge on any atom is 0.292 e. The minimum atomic E-state index is 0.166. The molecule has 0 unspecified atom stereocenters. The number of aryl methyl sites for hydroxylation is 1. The average molecular weight is 286 g/mol. The Morgan fingerprint density at radius 1 is 1.14 bits per heavy atom. The molecule has 21 heavy (non-hydrogen) atoms. The zero-order valence-electron chi connectivity index (χ0n) is 13.9. The molecule has 1 aromatic carbocycles. The van der Waals surface area contributed by atoms with Crippen LogP contribution in [-0.4, -0.2) is 17.5 Å². The molecule has 0 radical (unpaired) electrons. The summed E-state index contributed by atoms with van der Waals surface area (Å²) in [5.74, 6) is 1.84. The molecule has 1 aromatic rings. The van der Waals surface area contributed by atoms with E-state index in [1.807, 2.05) is 0 Å². The van der Waals surface area contributed by atoms with Gasteiger partial charge >= 0.3 is 0 Å². The van der Waals surface area contributed by atoms with E-state index < -0.39 is 0 Å². The van der Waals surface area contributed by atoms with Crippen LogP contribution in [0.25, 0.3) is 0 Å². The van der Waals surface area contributed by atoms with Crippen LogP contribution in [0.5, 0.6) is 5.75 Å². The van der Waals surface area contributed by atoms with Crippen molar-refractivity contribution >= 4 is 11.9 Å². The van der Waals surface area contributed by atoms with Crippen LogP contribution in [0.15, 0.2) is 12.1 Å². The number of rotatable bonds is 1. The Morgan fingerprint density at radius 3 is 2.52 bits per heavy atom. The van der Waals surface area contributed by atoms with E-state index in [2.05, 4.69) is 50.6 Å². The maximum absolute atomic E-state index is 6.09. The molecular weight excluding hydrogens is 258 g/mol. The fraction of sp³-hybridized carbons (Fsp3) is 0.632. The van der Waals surface area contributed by atoms with Crippen molar-refractivity contribution in [1.29, 1.82) is 0 Å². The lowest BCUT2D eigenvalue weighted by Crippen LogP contribution is -2.17. The van der Waals surface area contributed by atoms with Gasteiger partial charge in [-0.15, -0.1) is 0 Å². The standard InChI is InChI=1S/C19H28NO/c1-14-10-16(15-8-6-5-7-9-15)18-17(11-14)20(13-21-18)12-19(2,3)4/h10-12,15H,5-9,13H2,1-4H3/q+1/b20-12-. The van der Waals surface area contributed by atoms with E-state index in [1.165, 1.54) is 48.9 Å². The van der Waals surface area contributed by atoms with Crippen LogP contribution in [0.1, 0.15) is 69.9 Å². The van der Waals surface area contributed by atoms with Gasteiger partial charge in [0.2, 0.25) is 5.75 Å². The summed E-state index contributed by atoms with van der Waals surface area (Å²) in [6, 6.07) is 4.63. The molecule has 0 bridgehead atoms. The number of hydrogen-bond acceptors (Lipinski definition) is 1. The number of ether oxygens (including phenoxy) is 1. The van der Waals surface area contributed by atoms with Crippen LogP contribution in [-0.2, 0) is 0 Å². The van der Waals surface area contributed by atoms with E-state index in [-0.39, 0.29) is 5.41 Å². The van der Waals surface area contributed by atoms with Gasteiger partial charge in [-0.05, 0) is 31.2 Å². The molecule has 0 atom stereocenters. The summed E-state index contributed by atoms with van der Waals surface area (Å²) in [6.07, 6.45) is 9.07. The van der Waals surface area contributed by atoms with Crippen LogP contribution < -0.4 is 4.74 Å². The number of fused-ring (bicyclic) bond motifs is 1. The summed E-state index contributed by atoms with van der Waals surface area (Å²) in [4.78, 5) is 0. The third-order valence-corrected chi connectivity index (χ3v) is 4.49.